The van der Waals surface area contributed by atoms with Gasteiger partial charge in [0.2, 0.25) is 0 Å². The molecule has 3 fully saturated rings. The maximum absolute atomic E-state index is 6.29. The summed E-state index contributed by atoms with van der Waals surface area (Å²) >= 11 is 0. The molecule has 0 amide bonds. The van der Waals surface area contributed by atoms with Crippen LogP contribution in [0.2, 0.25) is 0 Å². The smallest absolute Gasteiger partial charge is 0.118 e. The third-order valence-electron chi connectivity index (χ3n) is 6.46. The molecule has 1 aromatic rings. The molecule has 140 valence electrons. The summed E-state index contributed by atoms with van der Waals surface area (Å²) in [6.45, 7) is 7.82. The number of rotatable bonds is 6. The minimum atomic E-state index is 0.177. The zero-order valence-electron chi connectivity index (χ0n) is 15.7. The summed E-state index contributed by atoms with van der Waals surface area (Å²) in [6.07, 6.45) is 9.38. The van der Waals surface area contributed by atoms with E-state index in [1.807, 2.05) is 6.92 Å². The highest BCUT2D eigenvalue weighted by Gasteiger charge is 2.46. The van der Waals surface area contributed by atoms with Gasteiger partial charge in [0.1, 0.15) is 11.5 Å². The lowest BCUT2D eigenvalue weighted by molar-refractivity contribution is -0.156. The first kappa shape index (κ1) is 17.6. The molecule has 4 heteroatoms. The van der Waals surface area contributed by atoms with Gasteiger partial charge in [0, 0.05) is 31.7 Å². The molecule has 2 aliphatic heterocycles. The molecular weight excluding hydrogens is 314 g/mol. The number of hydrogen-bond donors (Lipinski definition) is 0. The average molecular weight is 347 g/mol. The Hall–Kier alpha value is -0.840. The fourth-order valence-electron chi connectivity index (χ4n) is 5.12. The van der Waals surface area contributed by atoms with Crippen molar-refractivity contribution in [1.29, 1.82) is 0 Å². The van der Waals surface area contributed by atoms with Crippen molar-refractivity contribution < 1.29 is 13.9 Å². The van der Waals surface area contributed by atoms with Gasteiger partial charge in [-0.05, 0) is 57.1 Å². The molecular formula is C21H33NO3. The van der Waals surface area contributed by atoms with Crippen molar-refractivity contribution in [1.82, 2.24) is 4.90 Å². The van der Waals surface area contributed by atoms with Crippen LogP contribution in [-0.4, -0.2) is 43.9 Å². The number of hydrogen-bond acceptors (Lipinski definition) is 4. The Balaban J connectivity index is 1.37. The van der Waals surface area contributed by atoms with Crippen LogP contribution >= 0.6 is 0 Å². The van der Waals surface area contributed by atoms with E-state index in [2.05, 4.69) is 17.0 Å². The highest BCUT2D eigenvalue weighted by molar-refractivity contribution is 5.06. The van der Waals surface area contributed by atoms with Gasteiger partial charge in [0.15, 0.2) is 0 Å². The van der Waals surface area contributed by atoms with Gasteiger partial charge in [-0.3, -0.25) is 4.90 Å². The largest absolute Gasteiger partial charge is 0.465 e. The molecule has 2 atom stereocenters. The van der Waals surface area contributed by atoms with Crippen LogP contribution in [0, 0.1) is 18.3 Å². The lowest BCUT2D eigenvalue weighted by Gasteiger charge is -2.50. The second kappa shape index (κ2) is 7.81. The molecule has 4 rings (SSSR count). The maximum Gasteiger partial charge on any atom is 0.118 e. The molecule has 2 saturated heterocycles. The summed E-state index contributed by atoms with van der Waals surface area (Å²) in [7, 11) is 0. The molecule has 1 saturated carbocycles. The van der Waals surface area contributed by atoms with Crippen molar-refractivity contribution in [3.05, 3.63) is 23.7 Å². The van der Waals surface area contributed by atoms with E-state index in [1.165, 1.54) is 32.1 Å². The van der Waals surface area contributed by atoms with Crippen LogP contribution in [0.4, 0.5) is 0 Å². The highest BCUT2D eigenvalue weighted by atomic mass is 16.5. The normalized spacial score (nSPS) is 31.3. The lowest BCUT2D eigenvalue weighted by Crippen LogP contribution is -2.56. The van der Waals surface area contributed by atoms with Crippen LogP contribution in [0.25, 0.3) is 0 Å². The minimum absolute atomic E-state index is 0.177. The van der Waals surface area contributed by atoms with Gasteiger partial charge in [0.25, 0.3) is 0 Å². The van der Waals surface area contributed by atoms with Gasteiger partial charge in [-0.25, -0.2) is 0 Å². The monoisotopic (exact) mass is 347 g/mol. The van der Waals surface area contributed by atoms with Gasteiger partial charge < -0.3 is 13.9 Å². The molecule has 1 aromatic heterocycles. The number of nitrogens with zero attached hydrogens (tertiary/aromatic N) is 1. The van der Waals surface area contributed by atoms with Crippen LogP contribution in [0.1, 0.15) is 56.5 Å². The molecule has 1 aliphatic carbocycles. The molecule has 0 N–H and O–H groups in total. The Labute approximate surface area is 151 Å². The quantitative estimate of drug-likeness (QED) is 0.774. The molecule has 0 spiro atoms. The van der Waals surface area contributed by atoms with Gasteiger partial charge in [-0.2, -0.15) is 0 Å². The highest BCUT2D eigenvalue weighted by Crippen LogP contribution is 2.41. The van der Waals surface area contributed by atoms with Gasteiger partial charge >= 0.3 is 0 Å². The summed E-state index contributed by atoms with van der Waals surface area (Å²) in [5, 5.41) is 0. The molecule has 0 aromatic carbocycles. The first-order chi connectivity index (χ1) is 12.2. The summed E-state index contributed by atoms with van der Waals surface area (Å²) < 4.78 is 18.3. The summed E-state index contributed by atoms with van der Waals surface area (Å²) in [5.74, 6) is 2.88. The van der Waals surface area contributed by atoms with Crippen molar-refractivity contribution in [2.45, 2.75) is 64.5 Å². The Morgan fingerprint density at radius 1 is 1.20 bits per heavy atom. The fourth-order valence-corrected chi connectivity index (χ4v) is 5.12. The van der Waals surface area contributed by atoms with Crippen LogP contribution < -0.4 is 0 Å². The first-order valence-corrected chi connectivity index (χ1v) is 10.2. The molecule has 0 unspecified atom stereocenters. The fraction of sp³-hybridized carbons (Fsp3) is 0.810. The zero-order chi connectivity index (χ0) is 17.1. The van der Waals surface area contributed by atoms with E-state index in [0.29, 0.717) is 6.10 Å². The first-order valence-electron chi connectivity index (χ1n) is 10.2. The second-order valence-corrected chi connectivity index (χ2v) is 8.50. The average Bonchev–Trinajstić information content (AvgIpc) is 3.26. The van der Waals surface area contributed by atoms with E-state index in [4.69, 9.17) is 13.9 Å². The number of aryl methyl sites for hydroxylation is 1. The third-order valence-corrected chi connectivity index (χ3v) is 6.46. The lowest BCUT2D eigenvalue weighted by atomic mass is 9.73. The van der Waals surface area contributed by atoms with E-state index >= 15 is 0 Å². The predicted octanol–water partition coefficient (Wildman–Crippen LogP) is 4.17. The topological polar surface area (TPSA) is 34.8 Å². The van der Waals surface area contributed by atoms with Crippen molar-refractivity contribution >= 4 is 0 Å². The number of piperidine rings is 1. The van der Waals surface area contributed by atoms with Gasteiger partial charge in [-0.1, -0.05) is 12.8 Å². The Bertz CT molecular complexity index is 551. The third kappa shape index (κ3) is 4.12. The molecule has 3 heterocycles. The number of ether oxygens (including phenoxy) is 2. The summed E-state index contributed by atoms with van der Waals surface area (Å²) in [6, 6.07) is 4.17. The predicted molar refractivity (Wildman–Crippen MR) is 97.5 cm³/mol. The van der Waals surface area contributed by atoms with E-state index in [-0.39, 0.29) is 5.41 Å². The Morgan fingerprint density at radius 3 is 2.88 bits per heavy atom. The van der Waals surface area contributed by atoms with Crippen molar-refractivity contribution in [2.75, 3.05) is 32.9 Å². The van der Waals surface area contributed by atoms with Crippen LogP contribution in [-0.2, 0) is 16.0 Å². The summed E-state index contributed by atoms with van der Waals surface area (Å²) in [5.41, 5.74) is 0.177. The number of likely N-dealkylation sites (tertiary alicyclic amines) is 1. The van der Waals surface area contributed by atoms with Gasteiger partial charge in [-0.15, -0.1) is 0 Å². The SMILES string of the molecule is Cc1ccc(CN2CC[C@H]3OCCC[C@]3(COCC3CCCC3)C2)o1. The molecule has 25 heavy (non-hydrogen) atoms. The minimum Gasteiger partial charge on any atom is -0.465 e. The standard InChI is InChI=1S/C21H33NO3/c1-17-7-8-19(25-17)13-22-11-9-20-21(15-22,10-4-12-24-20)16-23-14-18-5-2-3-6-18/h7-8,18,20H,2-6,9-16H2,1H3/t20-,21-/m1/s1. The van der Waals surface area contributed by atoms with Crippen molar-refractivity contribution in [3.63, 3.8) is 0 Å². The number of fused-ring (bicyclic) bond motifs is 1. The Morgan fingerprint density at radius 2 is 2.08 bits per heavy atom. The van der Waals surface area contributed by atoms with E-state index in [1.54, 1.807) is 0 Å². The van der Waals surface area contributed by atoms with Crippen LogP contribution in [0.3, 0.4) is 0 Å². The molecule has 4 nitrogen and oxygen atoms in total. The zero-order valence-corrected chi connectivity index (χ0v) is 15.7. The summed E-state index contributed by atoms with van der Waals surface area (Å²) in [4.78, 5) is 2.54. The van der Waals surface area contributed by atoms with E-state index in [9.17, 15) is 0 Å². The van der Waals surface area contributed by atoms with E-state index < -0.39 is 0 Å². The van der Waals surface area contributed by atoms with Crippen LogP contribution in [0.5, 0.6) is 0 Å². The molecule has 3 aliphatic rings. The molecule has 0 bridgehead atoms. The maximum atomic E-state index is 6.29. The molecule has 0 radical (unpaired) electrons. The van der Waals surface area contributed by atoms with Crippen LogP contribution in [0.15, 0.2) is 16.5 Å². The Kier molecular flexibility index (Phi) is 5.49. The van der Waals surface area contributed by atoms with Crippen molar-refractivity contribution in [3.8, 4) is 0 Å². The number of furan rings is 1. The van der Waals surface area contributed by atoms with Crippen molar-refractivity contribution in [2.24, 2.45) is 11.3 Å². The van der Waals surface area contributed by atoms with Gasteiger partial charge in [0.05, 0.1) is 19.3 Å². The van der Waals surface area contributed by atoms with E-state index in [0.717, 1.165) is 69.7 Å². The second-order valence-electron chi connectivity index (χ2n) is 8.50.